The monoisotopic (exact) mass is 699 g/mol. The minimum Gasteiger partial charge on any atom is -0.456 e. The van der Waals surface area contributed by atoms with Crippen LogP contribution in [0, 0.1) is 0 Å². The third-order valence-corrected chi connectivity index (χ3v) is 12.5. The number of rotatable bonds is 5. The van der Waals surface area contributed by atoms with Gasteiger partial charge in [0.2, 0.25) is 0 Å². The Morgan fingerprint density at radius 1 is 0.365 bits per heavy atom. The molecule has 11 rings (SSSR count). The first kappa shape index (κ1) is 29.5. The Bertz CT molecular complexity index is 3150. The van der Waals surface area contributed by atoms with Crippen LogP contribution in [0.4, 0.5) is 17.1 Å². The van der Waals surface area contributed by atoms with E-state index in [1.165, 1.54) is 57.0 Å². The van der Waals surface area contributed by atoms with E-state index >= 15 is 0 Å². The van der Waals surface area contributed by atoms with Crippen molar-refractivity contribution in [1.82, 2.24) is 0 Å². The fraction of sp³-hybridized carbons (Fsp3) is 0. The summed E-state index contributed by atoms with van der Waals surface area (Å²) in [7, 11) is 0. The molecule has 0 fully saturated rings. The van der Waals surface area contributed by atoms with Gasteiger partial charge < -0.3 is 9.32 Å². The van der Waals surface area contributed by atoms with Gasteiger partial charge in [0.1, 0.15) is 11.2 Å². The molecule has 0 N–H and O–H groups in total. The Kier molecular flexibility index (Phi) is 6.63. The summed E-state index contributed by atoms with van der Waals surface area (Å²) in [6, 6.07) is 63.8. The minimum atomic E-state index is 0.913. The van der Waals surface area contributed by atoms with E-state index in [4.69, 9.17) is 4.42 Å². The van der Waals surface area contributed by atoms with E-state index in [0.717, 1.165) is 44.6 Å². The van der Waals surface area contributed by atoms with Crippen molar-refractivity contribution in [2.45, 2.75) is 0 Å². The van der Waals surface area contributed by atoms with E-state index < -0.39 is 0 Å². The second-order valence-electron chi connectivity index (χ2n) is 13.3. The maximum absolute atomic E-state index is 6.34. The van der Waals surface area contributed by atoms with Crippen molar-refractivity contribution in [3.05, 3.63) is 176 Å². The molecule has 8 aromatic carbocycles. The van der Waals surface area contributed by atoms with E-state index in [9.17, 15) is 0 Å². The van der Waals surface area contributed by atoms with E-state index in [0.29, 0.717) is 0 Å². The number of furan rings is 1. The third kappa shape index (κ3) is 4.62. The average Bonchev–Trinajstić information content (AvgIpc) is 3.89. The van der Waals surface area contributed by atoms with Crippen LogP contribution in [0.5, 0.6) is 0 Å². The third-order valence-electron chi connectivity index (χ3n) is 10.3. The van der Waals surface area contributed by atoms with Crippen LogP contribution >= 0.6 is 22.7 Å². The van der Waals surface area contributed by atoms with Crippen molar-refractivity contribution in [2.24, 2.45) is 0 Å². The first-order valence-electron chi connectivity index (χ1n) is 17.5. The smallest absolute Gasteiger partial charge is 0.136 e. The van der Waals surface area contributed by atoms with Gasteiger partial charge in [0.05, 0.1) is 5.69 Å². The molecule has 0 aliphatic heterocycles. The normalized spacial score (nSPS) is 11.8. The standard InChI is InChI=1S/C48H29NOS2/c1-2-11-30(12-3-1)34-13-4-7-17-41(34)49(33-22-25-39-38-15-6-9-19-44(38)52-47(39)29-33)32-23-26-45-40(28-32)48-35(16-10-20-46(48)51-45)31-21-24-37-36-14-5-8-18-42(36)50-43(37)27-31/h1-29H. The highest BCUT2D eigenvalue weighted by atomic mass is 32.1. The van der Waals surface area contributed by atoms with Crippen LogP contribution in [-0.4, -0.2) is 0 Å². The topological polar surface area (TPSA) is 16.4 Å². The minimum absolute atomic E-state index is 0.913. The molecule has 52 heavy (non-hydrogen) atoms. The van der Waals surface area contributed by atoms with Crippen molar-refractivity contribution in [1.29, 1.82) is 0 Å². The van der Waals surface area contributed by atoms with Crippen molar-refractivity contribution in [3.63, 3.8) is 0 Å². The number of benzene rings is 8. The number of thiophene rings is 2. The molecule has 0 saturated heterocycles. The Labute approximate surface area is 308 Å². The SMILES string of the molecule is c1ccc(-c2ccccc2N(c2ccc3c(c2)sc2ccccc23)c2ccc3sc4cccc(-c5ccc6c(c5)oc5ccccc56)c4c3c2)cc1. The number of hydrogen-bond donors (Lipinski definition) is 0. The van der Waals surface area contributed by atoms with Gasteiger partial charge in [0.15, 0.2) is 0 Å². The molecule has 11 aromatic rings. The molecule has 0 radical (unpaired) electrons. The predicted octanol–water partition coefficient (Wildman–Crippen LogP) is 15.1. The fourth-order valence-electron chi connectivity index (χ4n) is 7.90. The first-order valence-corrected chi connectivity index (χ1v) is 19.1. The summed E-state index contributed by atoms with van der Waals surface area (Å²) in [5.41, 5.74) is 9.99. The predicted molar refractivity (Wildman–Crippen MR) is 225 cm³/mol. The van der Waals surface area contributed by atoms with E-state index in [2.05, 4.69) is 169 Å². The van der Waals surface area contributed by atoms with Gasteiger partial charge in [0.25, 0.3) is 0 Å². The van der Waals surface area contributed by atoms with E-state index in [1.54, 1.807) is 0 Å². The van der Waals surface area contributed by atoms with E-state index in [-0.39, 0.29) is 0 Å². The van der Waals surface area contributed by atoms with Crippen molar-refractivity contribution in [2.75, 3.05) is 4.90 Å². The lowest BCUT2D eigenvalue weighted by Gasteiger charge is -2.28. The van der Waals surface area contributed by atoms with Crippen LogP contribution < -0.4 is 4.90 Å². The molecule has 0 bridgehead atoms. The Morgan fingerprint density at radius 3 is 1.96 bits per heavy atom. The average molecular weight is 700 g/mol. The van der Waals surface area contributed by atoms with Crippen molar-refractivity contribution < 1.29 is 4.42 Å². The molecule has 4 heteroatoms. The van der Waals surface area contributed by atoms with Gasteiger partial charge >= 0.3 is 0 Å². The molecule has 2 nitrogen and oxygen atoms in total. The summed E-state index contributed by atoms with van der Waals surface area (Å²) in [6.45, 7) is 0. The molecule has 0 aliphatic rings. The second kappa shape index (κ2) is 11.7. The largest absolute Gasteiger partial charge is 0.456 e. The summed E-state index contributed by atoms with van der Waals surface area (Å²) in [4.78, 5) is 2.44. The zero-order valence-corrected chi connectivity index (χ0v) is 29.5. The van der Waals surface area contributed by atoms with Gasteiger partial charge in [-0.1, -0.05) is 109 Å². The molecule has 3 heterocycles. The lowest BCUT2D eigenvalue weighted by atomic mass is 9.98. The molecule has 0 amide bonds. The van der Waals surface area contributed by atoms with E-state index in [1.807, 2.05) is 34.8 Å². The van der Waals surface area contributed by atoms with Crippen LogP contribution in [0.15, 0.2) is 180 Å². The summed E-state index contributed by atoms with van der Waals surface area (Å²) < 4.78 is 11.5. The molecule has 0 spiro atoms. The van der Waals surface area contributed by atoms with Gasteiger partial charge in [-0.15, -0.1) is 22.7 Å². The van der Waals surface area contributed by atoms with Crippen molar-refractivity contribution in [3.8, 4) is 22.3 Å². The molecular formula is C48H29NOS2. The highest BCUT2D eigenvalue weighted by molar-refractivity contribution is 7.26. The van der Waals surface area contributed by atoms with Crippen LogP contribution in [-0.2, 0) is 0 Å². The van der Waals surface area contributed by atoms with Crippen LogP contribution in [0.3, 0.4) is 0 Å². The number of anilines is 3. The number of hydrogen-bond acceptors (Lipinski definition) is 4. The highest BCUT2D eigenvalue weighted by Gasteiger charge is 2.21. The zero-order chi connectivity index (χ0) is 34.2. The van der Waals surface area contributed by atoms with Crippen LogP contribution in [0.1, 0.15) is 0 Å². The second-order valence-corrected chi connectivity index (χ2v) is 15.4. The van der Waals surface area contributed by atoms with Crippen molar-refractivity contribution >= 4 is 102 Å². The number of para-hydroxylation sites is 2. The summed E-state index contributed by atoms with van der Waals surface area (Å²) in [5.74, 6) is 0. The maximum Gasteiger partial charge on any atom is 0.136 e. The van der Waals surface area contributed by atoms with Gasteiger partial charge in [-0.2, -0.15) is 0 Å². The molecule has 3 aromatic heterocycles. The zero-order valence-electron chi connectivity index (χ0n) is 27.9. The number of nitrogens with zero attached hydrogens (tertiary/aromatic N) is 1. The lowest BCUT2D eigenvalue weighted by molar-refractivity contribution is 0.669. The molecule has 0 atom stereocenters. The fourth-order valence-corrected chi connectivity index (χ4v) is 10.2. The van der Waals surface area contributed by atoms with Crippen LogP contribution in [0.2, 0.25) is 0 Å². The van der Waals surface area contributed by atoms with Gasteiger partial charge in [-0.05, 0) is 83.4 Å². The Hall–Kier alpha value is -6.20. The van der Waals surface area contributed by atoms with Gasteiger partial charge in [-0.25, -0.2) is 0 Å². The van der Waals surface area contributed by atoms with Gasteiger partial charge in [0, 0.05) is 68.1 Å². The molecule has 0 aliphatic carbocycles. The molecule has 0 unspecified atom stereocenters. The quantitative estimate of drug-likeness (QED) is 0.178. The summed E-state index contributed by atoms with van der Waals surface area (Å²) in [6.07, 6.45) is 0. The Balaban J connectivity index is 1.14. The van der Waals surface area contributed by atoms with Gasteiger partial charge in [-0.3, -0.25) is 0 Å². The molecular weight excluding hydrogens is 671 g/mol. The Morgan fingerprint density at radius 2 is 1.02 bits per heavy atom. The van der Waals surface area contributed by atoms with Crippen LogP contribution in [0.25, 0.3) is 84.5 Å². The lowest BCUT2D eigenvalue weighted by Crippen LogP contribution is -2.11. The number of fused-ring (bicyclic) bond motifs is 9. The maximum atomic E-state index is 6.34. The highest BCUT2D eigenvalue weighted by Crippen LogP contribution is 2.47. The molecule has 0 saturated carbocycles. The molecule has 244 valence electrons. The first-order chi connectivity index (χ1) is 25.8. The summed E-state index contributed by atoms with van der Waals surface area (Å²) >= 11 is 3.71. The summed E-state index contributed by atoms with van der Waals surface area (Å²) in [5, 5.41) is 7.43.